The highest BCUT2D eigenvalue weighted by atomic mass is 16.5. The molecule has 2 aliphatic rings. The molecule has 0 radical (unpaired) electrons. The molecule has 2 aliphatic heterocycles. The molecule has 1 aromatic carbocycles. The quantitative estimate of drug-likeness (QED) is 0.894. The molecule has 3 rings (SSSR count). The van der Waals surface area contributed by atoms with Crippen LogP contribution in [0.4, 0.5) is 0 Å². The number of amides is 2. The predicted octanol–water partition coefficient (Wildman–Crippen LogP) is 1.63. The van der Waals surface area contributed by atoms with Crippen molar-refractivity contribution in [2.24, 2.45) is 0 Å². The smallest absolute Gasteiger partial charge is 0.258 e. The molecule has 2 saturated heterocycles. The normalized spacial score (nSPS) is 23.3. The third-order valence-corrected chi connectivity index (χ3v) is 4.67. The highest BCUT2D eigenvalue weighted by Crippen LogP contribution is 2.27. The zero-order chi connectivity index (χ0) is 17.3. The standard InChI is InChI=1S/C18H24N2O4/c1-18(2)12-19(10-11-24-18)17(23)14-7-5-9-20(14)16(22)13-6-3-4-8-15(13)21/h3-4,6,8,14,21H,5,7,9-12H2,1-2H3. The number of hydrogen-bond donors (Lipinski definition) is 1. The van der Waals surface area contributed by atoms with Gasteiger partial charge in [0.25, 0.3) is 5.91 Å². The van der Waals surface area contributed by atoms with E-state index in [4.69, 9.17) is 4.74 Å². The van der Waals surface area contributed by atoms with Crippen LogP contribution in [-0.4, -0.2) is 64.6 Å². The van der Waals surface area contributed by atoms with E-state index >= 15 is 0 Å². The molecule has 0 bridgehead atoms. The molecule has 1 aromatic rings. The van der Waals surface area contributed by atoms with Crippen LogP contribution < -0.4 is 0 Å². The van der Waals surface area contributed by atoms with Gasteiger partial charge >= 0.3 is 0 Å². The molecule has 0 spiro atoms. The van der Waals surface area contributed by atoms with Crippen LogP contribution in [-0.2, 0) is 9.53 Å². The van der Waals surface area contributed by atoms with Crippen molar-refractivity contribution in [3.05, 3.63) is 29.8 Å². The summed E-state index contributed by atoms with van der Waals surface area (Å²) in [6.45, 7) is 6.06. The Hall–Kier alpha value is -2.08. The monoisotopic (exact) mass is 332 g/mol. The summed E-state index contributed by atoms with van der Waals surface area (Å²) in [5.41, 5.74) is -0.113. The summed E-state index contributed by atoms with van der Waals surface area (Å²) >= 11 is 0. The van der Waals surface area contributed by atoms with E-state index in [0.29, 0.717) is 32.7 Å². The second-order valence-electron chi connectivity index (χ2n) is 7.04. The van der Waals surface area contributed by atoms with Gasteiger partial charge in [-0.3, -0.25) is 9.59 Å². The predicted molar refractivity (Wildman–Crippen MR) is 88.8 cm³/mol. The minimum atomic E-state index is -0.453. The van der Waals surface area contributed by atoms with Crippen molar-refractivity contribution < 1.29 is 19.4 Å². The third-order valence-electron chi connectivity index (χ3n) is 4.67. The summed E-state index contributed by atoms with van der Waals surface area (Å²) in [5, 5.41) is 9.92. The van der Waals surface area contributed by atoms with Gasteiger partial charge in [0, 0.05) is 19.6 Å². The van der Waals surface area contributed by atoms with Crippen LogP contribution in [0, 0.1) is 0 Å². The molecular formula is C18H24N2O4. The first kappa shape index (κ1) is 16.8. The van der Waals surface area contributed by atoms with Gasteiger partial charge in [0.2, 0.25) is 5.91 Å². The molecule has 6 heteroatoms. The van der Waals surface area contributed by atoms with Crippen molar-refractivity contribution in [2.45, 2.75) is 38.3 Å². The van der Waals surface area contributed by atoms with Crippen LogP contribution >= 0.6 is 0 Å². The molecule has 1 atom stereocenters. The number of rotatable bonds is 2. The largest absolute Gasteiger partial charge is 0.507 e. The van der Waals surface area contributed by atoms with Crippen LogP contribution in [0.2, 0.25) is 0 Å². The Kier molecular flexibility index (Phi) is 4.49. The van der Waals surface area contributed by atoms with E-state index in [9.17, 15) is 14.7 Å². The molecule has 24 heavy (non-hydrogen) atoms. The summed E-state index contributed by atoms with van der Waals surface area (Å²) in [5.74, 6) is -0.350. The van der Waals surface area contributed by atoms with Crippen LogP contribution in [0.1, 0.15) is 37.0 Å². The molecule has 2 amide bonds. The number of morpholine rings is 1. The Morgan fingerprint density at radius 3 is 2.71 bits per heavy atom. The Bertz CT molecular complexity index is 644. The van der Waals surface area contributed by atoms with Crippen molar-refractivity contribution in [1.29, 1.82) is 0 Å². The Morgan fingerprint density at radius 2 is 2.00 bits per heavy atom. The SMILES string of the molecule is CC1(C)CN(C(=O)C2CCCN2C(=O)c2ccccc2O)CCO1. The summed E-state index contributed by atoms with van der Waals surface area (Å²) in [6.07, 6.45) is 1.46. The fourth-order valence-electron chi connectivity index (χ4n) is 3.49. The highest BCUT2D eigenvalue weighted by molar-refractivity contribution is 5.99. The minimum absolute atomic E-state index is 0.0207. The molecule has 0 aromatic heterocycles. The number of ether oxygens (including phenoxy) is 1. The van der Waals surface area contributed by atoms with Crippen molar-refractivity contribution in [1.82, 2.24) is 9.80 Å². The molecule has 2 fully saturated rings. The van der Waals surface area contributed by atoms with Gasteiger partial charge < -0.3 is 19.6 Å². The lowest BCUT2D eigenvalue weighted by Crippen LogP contribution is -2.55. The fourth-order valence-corrected chi connectivity index (χ4v) is 3.49. The van der Waals surface area contributed by atoms with Gasteiger partial charge in [-0.2, -0.15) is 0 Å². The second-order valence-corrected chi connectivity index (χ2v) is 7.04. The number of benzene rings is 1. The first-order chi connectivity index (χ1) is 11.4. The topological polar surface area (TPSA) is 70.1 Å². The first-order valence-corrected chi connectivity index (χ1v) is 8.41. The van der Waals surface area contributed by atoms with E-state index in [0.717, 1.165) is 6.42 Å². The summed E-state index contributed by atoms with van der Waals surface area (Å²) in [4.78, 5) is 29.1. The van der Waals surface area contributed by atoms with Crippen molar-refractivity contribution in [3.63, 3.8) is 0 Å². The maximum Gasteiger partial charge on any atom is 0.258 e. The van der Waals surface area contributed by atoms with Gasteiger partial charge in [0.05, 0.1) is 17.8 Å². The van der Waals surface area contributed by atoms with Crippen molar-refractivity contribution in [2.75, 3.05) is 26.2 Å². The Balaban J connectivity index is 1.77. The maximum absolute atomic E-state index is 12.9. The number of phenols is 1. The Labute approximate surface area is 142 Å². The summed E-state index contributed by atoms with van der Waals surface area (Å²) in [7, 11) is 0. The number of likely N-dealkylation sites (tertiary alicyclic amines) is 1. The van der Waals surface area contributed by atoms with Gasteiger partial charge in [-0.25, -0.2) is 0 Å². The van der Waals surface area contributed by atoms with E-state index in [2.05, 4.69) is 0 Å². The molecule has 1 unspecified atom stereocenters. The highest BCUT2D eigenvalue weighted by Gasteiger charge is 2.40. The van der Waals surface area contributed by atoms with Gasteiger partial charge in [0.15, 0.2) is 0 Å². The number of aromatic hydroxyl groups is 1. The van der Waals surface area contributed by atoms with E-state index in [1.54, 1.807) is 28.0 Å². The average Bonchev–Trinajstić information content (AvgIpc) is 3.02. The lowest BCUT2D eigenvalue weighted by atomic mass is 10.1. The van der Waals surface area contributed by atoms with Crippen molar-refractivity contribution >= 4 is 11.8 Å². The zero-order valence-corrected chi connectivity index (χ0v) is 14.2. The van der Waals surface area contributed by atoms with Crippen molar-refractivity contribution in [3.8, 4) is 5.75 Å². The maximum atomic E-state index is 12.9. The Morgan fingerprint density at radius 1 is 1.25 bits per heavy atom. The van der Waals surface area contributed by atoms with Crippen LogP contribution in [0.15, 0.2) is 24.3 Å². The zero-order valence-electron chi connectivity index (χ0n) is 14.2. The summed E-state index contributed by atoms with van der Waals surface area (Å²) in [6, 6.07) is 6.02. The van der Waals surface area contributed by atoms with Gasteiger partial charge in [-0.05, 0) is 38.8 Å². The number of hydrogen-bond acceptors (Lipinski definition) is 4. The molecule has 0 aliphatic carbocycles. The molecule has 130 valence electrons. The van der Waals surface area contributed by atoms with Gasteiger partial charge in [-0.1, -0.05) is 12.1 Å². The molecule has 0 saturated carbocycles. The van der Waals surface area contributed by atoms with E-state index in [1.165, 1.54) is 6.07 Å². The lowest BCUT2D eigenvalue weighted by Gasteiger charge is -2.40. The number of phenolic OH excluding ortho intramolecular Hbond substituents is 1. The average molecular weight is 332 g/mol. The summed E-state index contributed by atoms with van der Waals surface area (Å²) < 4.78 is 5.66. The fraction of sp³-hybridized carbons (Fsp3) is 0.556. The van der Waals surface area contributed by atoms with E-state index in [-0.39, 0.29) is 28.7 Å². The van der Waals surface area contributed by atoms with Gasteiger partial charge in [-0.15, -0.1) is 0 Å². The number of carbonyl (C=O) groups is 2. The van der Waals surface area contributed by atoms with E-state index < -0.39 is 6.04 Å². The third kappa shape index (κ3) is 3.24. The van der Waals surface area contributed by atoms with Gasteiger partial charge in [0.1, 0.15) is 11.8 Å². The van der Waals surface area contributed by atoms with Crippen LogP contribution in [0.3, 0.4) is 0 Å². The lowest BCUT2D eigenvalue weighted by molar-refractivity contribution is -0.149. The second kappa shape index (κ2) is 6.43. The molecule has 6 nitrogen and oxygen atoms in total. The first-order valence-electron chi connectivity index (χ1n) is 8.41. The van der Waals surface area contributed by atoms with E-state index in [1.807, 2.05) is 13.8 Å². The molecule has 1 N–H and O–H groups in total. The molecule has 2 heterocycles. The molecular weight excluding hydrogens is 308 g/mol. The van der Waals surface area contributed by atoms with Crippen LogP contribution in [0.5, 0.6) is 5.75 Å². The number of carbonyl (C=O) groups excluding carboxylic acids is 2. The number of para-hydroxylation sites is 1. The number of nitrogens with zero attached hydrogens (tertiary/aromatic N) is 2. The minimum Gasteiger partial charge on any atom is -0.507 e. The van der Waals surface area contributed by atoms with Crippen LogP contribution in [0.25, 0.3) is 0 Å².